The molecule has 2 aliphatic heterocycles. The molecule has 1 aromatic rings. The van der Waals surface area contributed by atoms with E-state index in [2.05, 4.69) is 11.9 Å². The zero-order valence-electron chi connectivity index (χ0n) is 12.4. The quantitative estimate of drug-likeness (QED) is 0.794. The maximum atomic E-state index is 12.4. The van der Waals surface area contributed by atoms with Crippen molar-refractivity contribution in [1.82, 2.24) is 14.7 Å². The first-order valence-electron chi connectivity index (χ1n) is 7.48. The van der Waals surface area contributed by atoms with Gasteiger partial charge in [0.05, 0.1) is 0 Å². The second kappa shape index (κ2) is 5.85. The van der Waals surface area contributed by atoms with Gasteiger partial charge in [0.2, 0.25) is 5.91 Å². The lowest BCUT2D eigenvalue weighted by molar-refractivity contribution is -0.133. The average molecular weight is 287 g/mol. The molecule has 0 N–H and O–H groups in total. The summed E-state index contributed by atoms with van der Waals surface area (Å²) in [6.45, 7) is 4.17. The van der Waals surface area contributed by atoms with Crippen LogP contribution in [0.1, 0.15) is 15.9 Å². The van der Waals surface area contributed by atoms with Gasteiger partial charge in [0.15, 0.2) is 0 Å². The van der Waals surface area contributed by atoms with Crippen LogP contribution < -0.4 is 0 Å². The van der Waals surface area contributed by atoms with Gasteiger partial charge in [-0.15, -0.1) is 0 Å². The molecule has 2 amide bonds. The van der Waals surface area contributed by atoms with Crippen molar-refractivity contribution in [1.29, 1.82) is 0 Å². The minimum atomic E-state index is -0.0145. The number of rotatable bonds is 2. The fourth-order valence-corrected chi connectivity index (χ4v) is 2.94. The van der Waals surface area contributed by atoms with Crippen LogP contribution in [0.4, 0.5) is 0 Å². The standard InChI is InChI=1S/C16H21N3O2/c1-17-8-10-18(11-9-17)15(20)12-19-7-6-13-4-2-3-5-14(13)16(19)21/h2-5H,6-12H2,1H3. The zero-order valence-corrected chi connectivity index (χ0v) is 12.4. The SMILES string of the molecule is CN1CCN(C(=O)CN2CCc3ccccc3C2=O)CC1. The van der Waals surface area contributed by atoms with E-state index in [0.29, 0.717) is 6.54 Å². The largest absolute Gasteiger partial charge is 0.339 e. The Balaban J connectivity index is 1.64. The molecule has 0 aromatic heterocycles. The fourth-order valence-electron chi connectivity index (χ4n) is 2.94. The third-order valence-electron chi connectivity index (χ3n) is 4.37. The Morgan fingerprint density at radius 1 is 1.10 bits per heavy atom. The molecule has 0 radical (unpaired) electrons. The number of carbonyl (C=O) groups excluding carboxylic acids is 2. The number of hydrogen-bond donors (Lipinski definition) is 0. The van der Waals surface area contributed by atoms with Gasteiger partial charge in [-0.05, 0) is 25.1 Å². The number of nitrogens with zero attached hydrogens (tertiary/aromatic N) is 3. The molecule has 5 heteroatoms. The van der Waals surface area contributed by atoms with Crippen molar-refractivity contribution in [3.8, 4) is 0 Å². The summed E-state index contributed by atoms with van der Waals surface area (Å²) in [5, 5.41) is 0. The minimum Gasteiger partial charge on any atom is -0.339 e. The van der Waals surface area contributed by atoms with E-state index in [1.807, 2.05) is 29.2 Å². The Labute approximate surface area is 125 Å². The third kappa shape index (κ3) is 2.93. The number of fused-ring (bicyclic) bond motifs is 1. The van der Waals surface area contributed by atoms with E-state index in [9.17, 15) is 9.59 Å². The molecule has 1 fully saturated rings. The Kier molecular flexibility index (Phi) is 3.92. The number of benzene rings is 1. The molecule has 0 spiro atoms. The van der Waals surface area contributed by atoms with Crippen molar-refractivity contribution in [3.05, 3.63) is 35.4 Å². The van der Waals surface area contributed by atoms with E-state index in [-0.39, 0.29) is 18.4 Å². The molecule has 0 saturated carbocycles. The van der Waals surface area contributed by atoms with Crippen LogP contribution in [-0.2, 0) is 11.2 Å². The average Bonchev–Trinajstić information content (AvgIpc) is 2.51. The number of likely N-dealkylation sites (N-methyl/N-ethyl adjacent to an activating group) is 1. The maximum absolute atomic E-state index is 12.4. The monoisotopic (exact) mass is 287 g/mol. The predicted octanol–water partition coefficient (Wildman–Crippen LogP) is 0.459. The van der Waals surface area contributed by atoms with Crippen molar-refractivity contribution < 1.29 is 9.59 Å². The highest BCUT2D eigenvalue weighted by Gasteiger charge is 2.27. The van der Waals surface area contributed by atoms with Crippen LogP contribution in [0, 0.1) is 0 Å². The second-order valence-corrected chi connectivity index (χ2v) is 5.82. The van der Waals surface area contributed by atoms with Gasteiger partial charge in [0.1, 0.15) is 6.54 Å². The maximum Gasteiger partial charge on any atom is 0.254 e. The van der Waals surface area contributed by atoms with Gasteiger partial charge >= 0.3 is 0 Å². The molecule has 1 saturated heterocycles. The Bertz CT molecular complexity index is 550. The molecular weight excluding hydrogens is 266 g/mol. The van der Waals surface area contributed by atoms with Gasteiger partial charge < -0.3 is 14.7 Å². The summed E-state index contributed by atoms with van der Waals surface area (Å²) in [7, 11) is 2.06. The van der Waals surface area contributed by atoms with Crippen LogP contribution in [0.15, 0.2) is 24.3 Å². The summed E-state index contributed by atoms with van der Waals surface area (Å²) < 4.78 is 0. The summed E-state index contributed by atoms with van der Waals surface area (Å²) in [4.78, 5) is 30.5. The summed E-state index contributed by atoms with van der Waals surface area (Å²) in [6, 6.07) is 7.68. The molecule has 0 atom stereocenters. The lowest BCUT2D eigenvalue weighted by Gasteiger charge is -2.35. The lowest BCUT2D eigenvalue weighted by atomic mass is 9.99. The molecule has 3 rings (SSSR count). The topological polar surface area (TPSA) is 43.9 Å². The molecule has 1 aromatic carbocycles. The van der Waals surface area contributed by atoms with Gasteiger partial charge in [-0.1, -0.05) is 18.2 Å². The van der Waals surface area contributed by atoms with Crippen molar-refractivity contribution in [2.45, 2.75) is 6.42 Å². The second-order valence-electron chi connectivity index (χ2n) is 5.82. The van der Waals surface area contributed by atoms with Crippen molar-refractivity contribution >= 4 is 11.8 Å². The molecule has 0 aliphatic carbocycles. The normalized spacial score (nSPS) is 19.6. The van der Waals surface area contributed by atoms with Crippen LogP contribution in [0.25, 0.3) is 0 Å². The van der Waals surface area contributed by atoms with Gasteiger partial charge in [-0.2, -0.15) is 0 Å². The smallest absolute Gasteiger partial charge is 0.254 e. The van der Waals surface area contributed by atoms with Gasteiger partial charge in [0, 0.05) is 38.3 Å². The first-order chi connectivity index (χ1) is 10.1. The highest BCUT2D eigenvalue weighted by atomic mass is 16.2. The van der Waals surface area contributed by atoms with Crippen LogP contribution >= 0.6 is 0 Å². The van der Waals surface area contributed by atoms with Crippen LogP contribution in [0.5, 0.6) is 0 Å². The van der Waals surface area contributed by atoms with Crippen molar-refractivity contribution in [2.24, 2.45) is 0 Å². The number of hydrogen-bond acceptors (Lipinski definition) is 3. The Morgan fingerprint density at radius 2 is 1.81 bits per heavy atom. The number of piperazine rings is 1. The minimum absolute atomic E-state index is 0.0145. The Hall–Kier alpha value is -1.88. The Morgan fingerprint density at radius 3 is 2.57 bits per heavy atom. The van der Waals surface area contributed by atoms with Crippen LogP contribution in [0.2, 0.25) is 0 Å². The summed E-state index contributed by atoms with van der Waals surface area (Å²) in [5.74, 6) is 0.0511. The van der Waals surface area contributed by atoms with E-state index < -0.39 is 0 Å². The van der Waals surface area contributed by atoms with E-state index in [4.69, 9.17) is 0 Å². The van der Waals surface area contributed by atoms with Gasteiger partial charge in [-0.3, -0.25) is 9.59 Å². The summed E-state index contributed by atoms with van der Waals surface area (Å²) in [6.07, 6.45) is 0.831. The number of amides is 2. The fraction of sp³-hybridized carbons (Fsp3) is 0.500. The van der Waals surface area contributed by atoms with E-state index in [1.165, 1.54) is 0 Å². The first kappa shape index (κ1) is 14.1. The van der Waals surface area contributed by atoms with Crippen molar-refractivity contribution in [3.63, 3.8) is 0 Å². The predicted molar refractivity (Wildman–Crippen MR) is 80.1 cm³/mol. The molecule has 2 heterocycles. The van der Waals surface area contributed by atoms with Crippen LogP contribution in [0.3, 0.4) is 0 Å². The van der Waals surface area contributed by atoms with E-state index in [0.717, 1.165) is 43.7 Å². The van der Waals surface area contributed by atoms with Crippen LogP contribution in [-0.4, -0.2) is 72.8 Å². The molecule has 21 heavy (non-hydrogen) atoms. The number of carbonyl (C=O) groups is 2. The molecule has 2 aliphatic rings. The highest BCUT2D eigenvalue weighted by Crippen LogP contribution is 2.18. The summed E-state index contributed by atoms with van der Waals surface area (Å²) >= 11 is 0. The molecule has 0 bridgehead atoms. The molecule has 112 valence electrons. The van der Waals surface area contributed by atoms with E-state index in [1.54, 1.807) is 4.90 Å². The van der Waals surface area contributed by atoms with Crippen molar-refractivity contribution in [2.75, 3.05) is 46.3 Å². The van der Waals surface area contributed by atoms with E-state index >= 15 is 0 Å². The lowest BCUT2D eigenvalue weighted by Crippen LogP contribution is -2.51. The zero-order chi connectivity index (χ0) is 14.8. The van der Waals surface area contributed by atoms with Gasteiger partial charge in [-0.25, -0.2) is 0 Å². The highest BCUT2D eigenvalue weighted by molar-refractivity contribution is 5.98. The third-order valence-corrected chi connectivity index (χ3v) is 4.37. The van der Waals surface area contributed by atoms with Gasteiger partial charge in [0.25, 0.3) is 5.91 Å². The summed E-state index contributed by atoms with van der Waals surface area (Å²) in [5.41, 5.74) is 1.83. The molecular formula is C16H21N3O2. The molecule has 0 unspecified atom stereocenters. The molecule has 5 nitrogen and oxygen atoms in total. The first-order valence-corrected chi connectivity index (χ1v) is 7.48.